The van der Waals surface area contributed by atoms with Crippen molar-refractivity contribution in [1.82, 2.24) is 0 Å². The summed E-state index contributed by atoms with van der Waals surface area (Å²) >= 11 is 3.45. The molecule has 0 amide bonds. The fraction of sp³-hybridized carbons (Fsp3) is 0.143. The Hall–Kier alpha value is -1.39. The van der Waals surface area contributed by atoms with Gasteiger partial charge >= 0.3 is 0 Å². The lowest BCUT2D eigenvalue weighted by Crippen LogP contribution is -2.02. The molecule has 2 N–H and O–H groups in total. The summed E-state index contributed by atoms with van der Waals surface area (Å²) in [7, 11) is 0. The highest BCUT2D eigenvalue weighted by atomic mass is 79.9. The molecule has 18 heavy (non-hydrogen) atoms. The van der Waals surface area contributed by atoms with E-state index in [1.54, 1.807) is 12.1 Å². The maximum absolute atomic E-state index is 12.8. The highest BCUT2D eigenvalue weighted by Crippen LogP contribution is 2.30. The zero-order valence-electron chi connectivity index (χ0n) is 9.70. The van der Waals surface area contributed by atoms with Gasteiger partial charge in [-0.25, -0.2) is 4.39 Å². The number of hydrogen-bond donors (Lipinski definition) is 1. The Kier molecular flexibility index (Phi) is 4.33. The summed E-state index contributed by atoms with van der Waals surface area (Å²) in [6, 6.07) is 11.7. The zero-order valence-corrected chi connectivity index (χ0v) is 11.3. The molecule has 2 aromatic carbocycles. The molecule has 94 valence electrons. The highest BCUT2D eigenvalue weighted by Gasteiger charge is 2.04. The fourth-order valence-electron chi connectivity index (χ4n) is 1.58. The first-order valence-corrected chi connectivity index (χ1v) is 6.40. The molecule has 4 heteroatoms. The maximum Gasteiger partial charge on any atom is 0.141 e. The second-order valence-corrected chi connectivity index (χ2v) is 4.71. The lowest BCUT2D eigenvalue weighted by molar-refractivity contribution is 0.477. The van der Waals surface area contributed by atoms with E-state index in [2.05, 4.69) is 15.9 Å². The van der Waals surface area contributed by atoms with Crippen molar-refractivity contribution in [3.8, 4) is 11.5 Å². The summed E-state index contributed by atoms with van der Waals surface area (Å²) in [6.07, 6.45) is 0.829. The first-order chi connectivity index (χ1) is 8.69. The van der Waals surface area contributed by atoms with Crippen molar-refractivity contribution < 1.29 is 9.13 Å². The van der Waals surface area contributed by atoms with Gasteiger partial charge in [0.15, 0.2) is 0 Å². The third-order valence-corrected chi connectivity index (χ3v) is 3.09. The molecule has 0 aromatic heterocycles. The SMILES string of the molecule is NCCc1ccc(Oc2ccc(F)cc2)c(Br)c1. The lowest BCUT2D eigenvalue weighted by atomic mass is 10.1. The van der Waals surface area contributed by atoms with Crippen molar-refractivity contribution in [3.05, 3.63) is 58.3 Å². The molecule has 0 aliphatic rings. The predicted octanol–water partition coefficient (Wildman–Crippen LogP) is 3.88. The van der Waals surface area contributed by atoms with Crippen LogP contribution in [0.25, 0.3) is 0 Å². The number of nitrogens with two attached hydrogens (primary N) is 1. The third-order valence-electron chi connectivity index (χ3n) is 2.47. The number of halogens is 2. The van der Waals surface area contributed by atoms with Gasteiger partial charge in [-0.05, 0) is 70.9 Å². The van der Waals surface area contributed by atoms with Crippen LogP contribution < -0.4 is 10.5 Å². The van der Waals surface area contributed by atoms with Crippen LogP contribution in [0.4, 0.5) is 4.39 Å². The van der Waals surface area contributed by atoms with Crippen molar-refractivity contribution in [3.63, 3.8) is 0 Å². The van der Waals surface area contributed by atoms with Crippen LogP contribution in [-0.2, 0) is 6.42 Å². The van der Waals surface area contributed by atoms with Gasteiger partial charge in [-0.1, -0.05) is 6.07 Å². The first kappa shape index (κ1) is 13.1. The molecule has 0 heterocycles. The average molecular weight is 310 g/mol. The Morgan fingerprint density at radius 2 is 1.83 bits per heavy atom. The number of rotatable bonds is 4. The van der Waals surface area contributed by atoms with Crippen molar-refractivity contribution in [1.29, 1.82) is 0 Å². The van der Waals surface area contributed by atoms with Crippen LogP contribution in [0.2, 0.25) is 0 Å². The van der Waals surface area contributed by atoms with Crippen LogP contribution in [-0.4, -0.2) is 6.54 Å². The molecule has 0 fully saturated rings. The van der Waals surface area contributed by atoms with Crippen LogP contribution in [0.15, 0.2) is 46.9 Å². The van der Waals surface area contributed by atoms with E-state index in [1.165, 1.54) is 12.1 Å². The molecule has 0 atom stereocenters. The van der Waals surface area contributed by atoms with Crippen molar-refractivity contribution >= 4 is 15.9 Å². The second kappa shape index (κ2) is 5.98. The Morgan fingerprint density at radius 3 is 2.44 bits per heavy atom. The molecule has 0 saturated carbocycles. The summed E-state index contributed by atoms with van der Waals surface area (Å²) in [4.78, 5) is 0. The second-order valence-electron chi connectivity index (χ2n) is 3.86. The molecule has 2 aromatic rings. The molecule has 0 radical (unpaired) electrons. The van der Waals surface area contributed by atoms with Crippen LogP contribution in [0.1, 0.15) is 5.56 Å². The van der Waals surface area contributed by atoms with E-state index in [9.17, 15) is 4.39 Å². The maximum atomic E-state index is 12.8. The lowest BCUT2D eigenvalue weighted by Gasteiger charge is -2.09. The summed E-state index contributed by atoms with van der Waals surface area (Å²) in [6.45, 7) is 0.616. The molecule has 0 bridgehead atoms. The molecule has 0 spiro atoms. The summed E-state index contributed by atoms with van der Waals surface area (Å²) < 4.78 is 19.3. The molecular weight excluding hydrogens is 297 g/mol. The van der Waals surface area contributed by atoms with Gasteiger partial charge in [0, 0.05) is 0 Å². The van der Waals surface area contributed by atoms with Gasteiger partial charge in [-0.2, -0.15) is 0 Å². The number of ether oxygens (including phenoxy) is 1. The van der Waals surface area contributed by atoms with Crippen LogP contribution in [0.3, 0.4) is 0 Å². The van der Waals surface area contributed by atoms with Crippen LogP contribution in [0.5, 0.6) is 11.5 Å². The topological polar surface area (TPSA) is 35.2 Å². The minimum absolute atomic E-state index is 0.278. The first-order valence-electron chi connectivity index (χ1n) is 5.61. The van der Waals surface area contributed by atoms with Gasteiger partial charge in [-0.3, -0.25) is 0 Å². The average Bonchev–Trinajstić information content (AvgIpc) is 2.36. The monoisotopic (exact) mass is 309 g/mol. The Morgan fingerprint density at radius 1 is 1.11 bits per heavy atom. The van der Waals surface area contributed by atoms with Gasteiger partial charge in [0.25, 0.3) is 0 Å². The van der Waals surface area contributed by atoms with Crippen molar-refractivity contribution in [2.24, 2.45) is 5.73 Å². The van der Waals surface area contributed by atoms with E-state index in [0.29, 0.717) is 18.0 Å². The highest BCUT2D eigenvalue weighted by molar-refractivity contribution is 9.10. The minimum Gasteiger partial charge on any atom is -0.456 e. The Bertz CT molecular complexity index is 528. The van der Waals surface area contributed by atoms with Gasteiger partial charge in [0.2, 0.25) is 0 Å². The molecule has 2 rings (SSSR count). The molecule has 0 unspecified atom stereocenters. The summed E-state index contributed by atoms with van der Waals surface area (Å²) in [5.41, 5.74) is 6.65. The Labute approximate surface area is 114 Å². The molecule has 0 aliphatic carbocycles. The molecule has 2 nitrogen and oxygen atoms in total. The largest absolute Gasteiger partial charge is 0.456 e. The third kappa shape index (κ3) is 3.31. The number of hydrogen-bond acceptors (Lipinski definition) is 2. The minimum atomic E-state index is -0.278. The normalized spacial score (nSPS) is 10.4. The van der Waals surface area contributed by atoms with E-state index in [4.69, 9.17) is 10.5 Å². The van der Waals surface area contributed by atoms with Crippen molar-refractivity contribution in [2.75, 3.05) is 6.54 Å². The van der Waals surface area contributed by atoms with E-state index < -0.39 is 0 Å². The van der Waals surface area contributed by atoms with Crippen LogP contribution >= 0.6 is 15.9 Å². The Balaban J connectivity index is 2.16. The van der Waals surface area contributed by atoms with E-state index >= 15 is 0 Å². The molecule has 0 saturated heterocycles. The van der Waals surface area contributed by atoms with Crippen molar-refractivity contribution in [2.45, 2.75) is 6.42 Å². The number of benzene rings is 2. The van der Waals surface area contributed by atoms with Gasteiger partial charge in [0.05, 0.1) is 4.47 Å². The van der Waals surface area contributed by atoms with Crippen LogP contribution in [0, 0.1) is 5.82 Å². The molecule has 0 aliphatic heterocycles. The smallest absolute Gasteiger partial charge is 0.141 e. The van der Waals surface area contributed by atoms with Gasteiger partial charge in [-0.15, -0.1) is 0 Å². The quantitative estimate of drug-likeness (QED) is 0.930. The standard InChI is InChI=1S/C14H13BrFNO/c15-13-9-10(7-8-17)1-6-14(13)18-12-4-2-11(16)3-5-12/h1-6,9H,7-8,17H2. The molecular formula is C14H13BrFNO. The van der Waals surface area contributed by atoms with E-state index in [0.717, 1.165) is 16.5 Å². The predicted molar refractivity (Wildman–Crippen MR) is 73.4 cm³/mol. The van der Waals surface area contributed by atoms with Gasteiger partial charge < -0.3 is 10.5 Å². The van der Waals surface area contributed by atoms with Gasteiger partial charge in [0.1, 0.15) is 17.3 Å². The zero-order chi connectivity index (χ0) is 13.0. The fourth-order valence-corrected chi connectivity index (χ4v) is 2.09. The summed E-state index contributed by atoms with van der Waals surface area (Å²) in [5.74, 6) is 1.02. The van der Waals surface area contributed by atoms with E-state index in [1.807, 2.05) is 18.2 Å². The summed E-state index contributed by atoms with van der Waals surface area (Å²) in [5, 5.41) is 0. The van der Waals surface area contributed by atoms with E-state index in [-0.39, 0.29) is 5.82 Å².